The fraction of sp³-hybridized carbons (Fsp3) is 0.923. The smallest absolute Gasteiger partial charge is 0.246 e. The van der Waals surface area contributed by atoms with E-state index in [4.69, 9.17) is 4.74 Å². The van der Waals surface area contributed by atoms with Gasteiger partial charge in [-0.15, -0.1) is 0 Å². The summed E-state index contributed by atoms with van der Waals surface area (Å²) in [6, 6.07) is 0. The summed E-state index contributed by atoms with van der Waals surface area (Å²) in [6.07, 6.45) is 7.06. The first-order valence-corrected chi connectivity index (χ1v) is 6.92. The van der Waals surface area contributed by atoms with Gasteiger partial charge in [-0.05, 0) is 32.4 Å². The Morgan fingerprint density at radius 1 is 1.29 bits per heavy atom. The van der Waals surface area contributed by atoms with Crippen LogP contribution < -0.4 is 10.6 Å². The maximum Gasteiger partial charge on any atom is 0.246 e. The molecule has 0 saturated carbocycles. The van der Waals surface area contributed by atoms with Crippen molar-refractivity contribution in [1.82, 2.24) is 10.6 Å². The topological polar surface area (TPSA) is 50.4 Å². The van der Waals surface area contributed by atoms with E-state index in [1.54, 1.807) is 0 Å². The molecule has 1 amide bonds. The molecule has 17 heavy (non-hydrogen) atoms. The van der Waals surface area contributed by atoms with Crippen molar-refractivity contribution in [2.75, 3.05) is 26.2 Å². The molecule has 1 rings (SSSR count). The van der Waals surface area contributed by atoms with Crippen molar-refractivity contribution in [3.8, 4) is 0 Å². The Labute approximate surface area is 104 Å². The summed E-state index contributed by atoms with van der Waals surface area (Å²) in [6.45, 7) is 5.20. The van der Waals surface area contributed by atoms with Gasteiger partial charge in [-0.1, -0.05) is 26.2 Å². The second kappa shape index (κ2) is 9.42. The van der Waals surface area contributed by atoms with Gasteiger partial charge in [0.15, 0.2) is 0 Å². The Balaban J connectivity index is 1.93. The highest BCUT2D eigenvalue weighted by Crippen LogP contribution is 2.06. The molecule has 4 nitrogen and oxygen atoms in total. The van der Waals surface area contributed by atoms with Gasteiger partial charge in [0.2, 0.25) is 5.91 Å². The first-order chi connectivity index (χ1) is 8.33. The molecule has 0 aromatic rings. The van der Waals surface area contributed by atoms with E-state index in [-0.39, 0.29) is 18.6 Å². The third-order valence-corrected chi connectivity index (χ3v) is 3.09. The van der Waals surface area contributed by atoms with E-state index in [2.05, 4.69) is 17.6 Å². The molecule has 1 heterocycles. The highest BCUT2D eigenvalue weighted by Gasteiger charge is 2.14. The van der Waals surface area contributed by atoms with Gasteiger partial charge in [-0.2, -0.15) is 0 Å². The zero-order valence-electron chi connectivity index (χ0n) is 11.0. The summed E-state index contributed by atoms with van der Waals surface area (Å²) in [5, 5.41) is 6.18. The first-order valence-electron chi connectivity index (χ1n) is 6.92. The lowest BCUT2D eigenvalue weighted by atomic mass is 10.1. The molecule has 4 heteroatoms. The number of carbonyl (C=O) groups excluding carboxylic acids is 1. The minimum atomic E-state index is 0.0278. The lowest BCUT2D eigenvalue weighted by molar-refractivity contribution is -0.128. The number of unbranched alkanes of at least 4 members (excludes halogenated alkanes) is 3. The molecule has 0 aromatic heterocycles. The number of amides is 1. The van der Waals surface area contributed by atoms with Crippen LogP contribution in [0.4, 0.5) is 0 Å². The third kappa shape index (κ3) is 7.34. The molecule has 1 aliphatic heterocycles. The molecule has 1 saturated heterocycles. The molecular weight excluding hydrogens is 216 g/mol. The maximum absolute atomic E-state index is 11.5. The average Bonchev–Trinajstić information content (AvgIpc) is 2.37. The number of ether oxygens (including phenoxy) is 1. The fourth-order valence-electron chi connectivity index (χ4n) is 1.99. The lowest BCUT2D eigenvalue weighted by Crippen LogP contribution is -2.36. The molecule has 0 spiro atoms. The summed E-state index contributed by atoms with van der Waals surface area (Å²) in [5.74, 6) is 0.0278. The van der Waals surface area contributed by atoms with Crippen molar-refractivity contribution >= 4 is 5.91 Å². The van der Waals surface area contributed by atoms with E-state index in [0.717, 1.165) is 38.9 Å². The first kappa shape index (κ1) is 14.5. The van der Waals surface area contributed by atoms with Gasteiger partial charge < -0.3 is 15.4 Å². The van der Waals surface area contributed by atoms with Crippen LogP contribution in [-0.2, 0) is 9.53 Å². The standard InChI is InChI=1S/C13H26N2O2/c1-2-3-4-5-8-15-13(16)11-17-12-6-9-14-10-7-12/h12,14H,2-11H2,1H3,(H,15,16). The Morgan fingerprint density at radius 3 is 2.76 bits per heavy atom. The number of piperidine rings is 1. The third-order valence-electron chi connectivity index (χ3n) is 3.09. The van der Waals surface area contributed by atoms with E-state index in [1.807, 2.05) is 0 Å². The van der Waals surface area contributed by atoms with Gasteiger partial charge in [0.1, 0.15) is 6.61 Å². The van der Waals surface area contributed by atoms with Crippen molar-refractivity contribution in [3.63, 3.8) is 0 Å². The number of rotatable bonds is 8. The van der Waals surface area contributed by atoms with Crippen LogP contribution in [0.15, 0.2) is 0 Å². The summed E-state index contributed by atoms with van der Waals surface area (Å²) in [7, 11) is 0. The predicted octanol–water partition coefficient (Wildman–Crippen LogP) is 1.45. The normalized spacial score (nSPS) is 17.0. The molecule has 0 aliphatic carbocycles. The van der Waals surface area contributed by atoms with Crippen LogP contribution in [0.5, 0.6) is 0 Å². The van der Waals surface area contributed by atoms with E-state index in [9.17, 15) is 4.79 Å². The van der Waals surface area contributed by atoms with Crippen LogP contribution in [0.3, 0.4) is 0 Å². The van der Waals surface area contributed by atoms with E-state index in [1.165, 1.54) is 19.3 Å². The monoisotopic (exact) mass is 242 g/mol. The molecule has 0 bridgehead atoms. The van der Waals surface area contributed by atoms with Gasteiger partial charge in [-0.25, -0.2) is 0 Å². The maximum atomic E-state index is 11.5. The largest absolute Gasteiger partial charge is 0.368 e. The summed E-state index contributed by atoms with van der Waals surface area (Å²) >= 11 is 0. The van der Waals surface area contributed by atoms with Crippen molar-refractivity contribution in [2.45, 2.75) is 51.6 Å². The van der Waals surface area contributed by atoms with Crippen molar-refractivity contribution in [1.29, 1.82) is 0 Å². The number of carbonyl (C=O) groups is 1. The van der Waals surface area contributed by atoms with E-state index >= 15 is 0 Å². The minimum absolute atomic E-state index is 0.0278. The molecule has 0 radical (unpaired) electrons. The summed E-state index contributed by atoms with van der Waals surface area (Å²) in [5.41, 5.74) is 0. The predicted molar refractivity (Wildman–Crippen MR) is 69.0 cm³/mol. The molecular formula is C13H26N2O2. The van der Waals surface area contributed by atoms with Gasteiger partial charge in [0, 0.05) is 6.54 Å². The molecule has 0 unspecified atom stereocenters. The van der Waals surface area contributed by atoms with Crippen LogP contribution in [0.2, 0.25) is 0 Å². The number of nitrogens with one attached hydrogen (secondary N) is 2. The van der Waals surface area contributed by atoms with Crippen molar-refractivity contribution in [2.24, 2.45) is 0 Å². The van der Waals surface area contributed by atoms with E-state index < -0.39 is 0 Å². The van der Waals surface area contributed by atoms with Gasteiger partial charge >= 0.3 is 0 Å². The highest BCUT2D eigenvalue weighted by molar-refractivity contribution is 5.77. The molecule has 2 N–H and O–H groups in total. The highest BCUT2D eigenvalue weighted by atomic mass is 16.5. The average molecular weight is 242 g/mol. The second-order valence-corrected chi connectivity index (χ2v) is 4.67. The van der Waals surface area contributed by atoms with Crippen LogP contribution in [0, 0.1) is 0 Å². The summed E-state index contributed by atoms with van der Waals surface area (Å²) in [4.78, 5) is 11.5. The Morgan fingerprint density at radius 2 is 2.06 bits per heavy atom. The van der Waals surface area contributed by atoms with Crippen LogP contribution in [0.1, 0.15) is 45.4 Å². The zero-order valence-corrected chi connectivity index (χ0v) is 11.0. The second-order valence-electron chi connectivity index (χ2n) is 4.67. The number of hydrogen-bond acceptors (Lipinski definition) is 3. The SMILES string of the molecule is CCCCCCNC(=O)COC1CCNCC1. The van der Waals surface area contributed by atoms with Gasteiger partial charge in [0.25, 0.3) is 0 Å². The quantitative estimate of drug-likeness (QED) is 0.633. The van der Waals surface area contributed by atoms with Gasteiger partial charge in [0.05, 0.1) is 6.10 Å². The van der Waals surface area contributed by atoms with Gasteiger partial charge in [-0.3, -0.25) is 4.79 Å². The van der Waals surface area contributed by atoms with Crippen molar-refractivity contribution < 1.29 is 9.53 Å². The Bertz CT molecular complexity index is 204. The molecule has 1 aliphatic rings. The molecule has 100 valence electrons. The van der Waals surface area contributed by atoms with E-state index in [0.29, 0.717) is 0 Å². The van der Waals surface area contributed by atoms with Crippen molar-refractivity contribution in [3.05, 3.63) is 0 Å². The Hall–Kier alpha value is -0.610. The molecule has 0 aromatic carbocycles. The Kier molecular flexibility index (Phi) is 8.01. The molecule has 1 fully saturated rings. The number of hydrogen-bond donors (Lipinski definition) is 2. The van der Waals surface area contributed by atoms with Crippen LogP contribution in [0.25, 0.3) is 0 Å². The van der Waals surface area contributed by atoms with Crippen LogP contribution in [-0.4, -0.2) is 38.3 Å². The zero-order chi connectivity index (χ0) is 12.3. The van der Waals surface area contributed by atoms with Crippen LogP contribution >= 0.6 is 0 Å². The summed E-state index contributed by atoms with van der Waals surface area (Å²) < 4.78 is 5.57. The lowest BCUT2D eigenvalue weighted by Gasteiger charge is -2.22. The fourth-order valence-corrected chi connectivity index (χ4v) is 1.99. The molecule has 0 atom stereocenters. The minimum Gasteiger partial charge on any atom is -0.368 e.